The molecule has 0 aliphatic heterocycles. The average molecular weight is 522 g/mol. The van der Waals surface area contributed by atoms with Gasteiger partial charge >= 0.3 is 6.09 Å². The molecule has 0 saturated heterocycles. The molecule has 2 N–H and O–H groups in total. The van der Waals surface area contributed by atoms with E-state index >= 15 is 0 Å². The maximum Gasteiger partial charge on any atom is 0.408 e. The zero-order valence-electron chi connectivity index (χ0n) is 24.0. The average Bonchev–Trinajstić information content (AvgIpc) is 2.85. The van der Waals surface area contributed by atoms with Crippen molar-refractivity contribution in [3.8, 4) is 0 Å². The maximum atomic E-state index is 14.2. The minimum absolute atomic E-state index is 0.249. The van der Waals surface area contributed by atoms with Gasteiger partial charge in [-0.15, -0.1) is 0 Å². The molecule has 2 rings (SSSR count). The van der Waals surface area contributed by atoms with Crippen molar-refractivity contribution in [2.75, 3.05) is 5.32 Å². The molecule has 7 heteroatoms. The van der Waals surface area contributed by atoms with E-state index in [9.17, 15) is 14.4 Å². The molecule has 2 aromatic carbocycles. The van der Waals surface area contributed by atoms with E-state index in [2.05, 4.69) is 17.2 Å². The normalized spacial score (nSPS) is 13.7. The van der Waals surface area contributed by atoms with E-state index in [4.69, 9.17) is 4.74 Å². The summed E-state index contributed by atoms with van der Waals surface area (Å²) in [5.41, 5.74) is 2.35. The molecule has 206 valence electrons. The highest BCUT2D eigenvalue weighted by molar-refractivity contribution is 5.99. The molecule has 7 nitrogen and oxygen atoms in total. The summed E-state index contributed by atoms with van der Waals surface area (Å²) in [5.74, 6) is -0.941. The van der Waals surface area contributed by atoms with Crippen molar-refractivity contribution in [3.63, 3.8) is 0 Å². The number of alkyl carbamates (subject to hydrolysis) is 1. The van der Waals surface area contributed by atoms with Crippen LogP contribution in [0.1, 0.15) is 77.6 Å². The topological polar surface area (TPSA) is 87.7 Å². The summed E-state index contributed by atoms with van der Waals surface area (Å²) in [5, 5.41) is 5.79. The van der Waals surface area contributed by atoms with Gasteiger partial charge in [0.2, 0.25) is 5.91 Å². The Morgan fingerprint density at radius 3 is 2.26 bits per heavy atom. The van der Waals surface area contributed by atoms with Crippen LogP contribution in [0.25, 0.3) is 6.08 Å². The minimum Gasteiger partial charge on any atom is -0.444 e. The van der Waals surface area contributed by atoms with Crippen LogP contribution in [-0.4, -0.2) is 40.5 Å². The molecule has 0 aromatic heterocycles. The lowest BCUT2D eigenvalue weighted by Gasteiger charge is -2.39. The summed E-state index contributed by atoms with van der Waals surface area (Å²) in [6.45, 7) is 18.7. The fourth-order valence-electron chi connectivity index (χ4n) is 4.11. The molecule has 2 aromatic rings. The van der Waals surface area contributed by atoms with Crippen molar-refractivity contribution in [2.45, 2.75) is 85.5 Å². The zero-order valence-corrected chi connectivity index (χ0v) is 24.0. The first-order chi connectivity index (χ1) is 17.8. The Kier molecular flexibility index (Phi) is 10.7. The van der Waals surface area contributed by atoms with Gasteiger partial charge in [0, 0.05) is 11.7 Å². The van der Waals surface area contributed by atoms with Gasteiger partial charge in [-0.1, -0.05) is 69.8 Å². The molecule has 0 radical (unpaired) electrons. The number of amides is 3. The first kappa shape index (κ1) is 30.6. The summed E-state index contributed by atoms with van der Waals surface area (Å²) in [6, 6.07) is 12.8. The van der Waals surface area contributed by atoms with Gasteiger partial charge in [-0.05, 0) is 75.8 Å². The predicted octanol–water partition coefficient (Wildman–Crippen LogP) is 6.49. The summed E-state index contributed by atoms with van der Waals surface area (Å²) in [6.07, 6.45) is 1.64. The highest BCUT2D eigenvalue weighted by atomic mass is 16.6. The lowest BCUT2D eigenvalue weighted by molar-refractivity contribution is -0.144. The summed E-state index contributed by atoms with van der Waals surface area (Å²) in [4.78, 5) is 42.5. The van der Waals surface area contributed by atoms with E-state index in [-0.39, 0.29) is 23.8 Å². The number of para-hydroxylation sites is 1. The number of benzene rings is 2. The van der Waals surface area contributed by atoms with Crippen molar-refractivity contribution < 1.29 is 19.1 Å². The monoisotopic (exact) mass is 521 g/mol. The van der Waals surface area contributed by atoms with Crippen LogP contribution < -0.4 is 10.6 Å². The Morgan fingerprint density at radius 1 is 1.05 bits per heavy atom. The van der Waals surface area contributed by atoms with Crippen molar-refractivity contribution in [1.82, 2.24) is 10.2 Å². The zero-order chi connectivity index (χ0) is 28.6. The number of rotatable bonds is 10. The van der Waals surface area contributed by atoms with Crippen molar-refractivity contribution in [3.05, 3.63) is 71.8 Å². The molecule has 0 aliphatic rings. The Balaban J connectivity index is 2.60. The van der Waals surface area contributed by atoms with Crippen molar-refractivity contribution in [1.29, 1.82) is 0 Å². The van der Waals surface area contributed by atoms with Gasteiger partial charge in [-0.2, -0.15) is 0 Å². The van der Waals surface area contributed by atoms with E-state index in [0.717, 1.165) is 11.1 Å². The lowest BCUT2D eigenvalue weighted by Crippen LogP contribution is -2.56. The lowest BCUT2D eigenvalue weighted by atomic mass is 9.95. The Morgan fingerprint density at radius 2 is 1.71 bits per heavy atom. The van der Waals surface area contributed by atoms with Crippen LogP contribution in [0.5, 0.6) is 0 Å². The molecule has 0 aliphatic carbocycles. The van der Waals surface area contributed by atoms with E-state index in [1.165, 1.54) is 0 Å². The molecule has 0 heterocycles. The van der Waals surface area contributed by atoms with Crippen LogP contribution in [0.15, 0.2) is 55.1 Å². The highest BCUT2D eigenvalue weighted by Crippen LogP contribution is 2.30. The van der Waals surface area contributed by atoms with E-state index in [0.29, 0.717) is 17.7 Å². The van der Waals surface area contributed by atoms with Gasteiger partial charge in [0.25, 0.3) is 5.91 Å². The second-order valence-electron chi connectivity index (χ2n) is 11.0. The summed E-state index contributed by atoms with van der Waals surface area (Å²) < 4.78 is 5.44. The number of nitrogens with zero attached hydrogens (tertiary/aromatic N) is 1. The Hall–Kier alpha value is -3.61. The van der Waals surface area contributed by atoms with Crippen LogP contribution in [0, 0.1) is 12.8 Å². The van der Waals surface area contributed by atoms with Gasteiger partial charge in [0.05, 0.1) is 0 Å². The SMILES string of the molecule is C=Cc1cccc(C(C(=O)Nc2ccccc2C)N(C(=O)C(NC(=O)OC(C)(C)C)C(C)C)C(C)CC)c1. The largest absolute Gasteiger partial charge is 0.444 e. The molecular formula is C31H43N3O4. The van der Waals surface area contributed by atoms with Crippen LogP contribution in [0.3, 0.4) is 0 Å². The molecule has 0 fully saturated rings. The first-order valence-corrected chi connectivity index (χ1v) is 13.2. The third-order valence-corrected chi connectivity index (χ3v) is 6.32. The number of hydrogen-bond donors (Lipinski definition) is 2. The van der Waals surface area contributed by atoms with Gasteiger partial charge in [-0.25, -0.2) is 4.79 Å². The van der Waals surface area contributed by atoms with Gasteiger partial charge in [0.1, 0.15) is 17.7 Å². The standard InChI is InChI=1S/C31H43N3O4/c1-10-22(6)34(29(36)26(20(3)4)33-30(37)38-31(7,8)9)27(24-17-14-16-23(11-2)19-24)28(35)32-25-18-13-12-15-21(25)5/h11-20,22,26-27H,2,10H2,1,3-9H3,(H,32,35)(H,33,37). The minimum atomic E-state index is -0.946. The molecular weight excluding hydrogens is 478 g/mol. The first-order valence-electron chi connectivity index (χ1n) is 13.2. The fraction of sp³-hybridized carbons (Fsp3) is 0.452. The van der Waals surface area contributed by atoms with Crippen molar-refractivity contribution >= 4 is 29.7 Å². The molecule has 0 spiro atoms. The van der Waals surface area contributed by atoms with Crippen LogP contribution in [0.4, 0.5) is 10.5 Å². The second kappa shape index (κ2) is 13.3. The van der Waals surface area contributed by atoms with E-state index < -0.39 is 23.8 Å². The number of ether oxygens (including phenoxy) is 1. The van der Waals surface area contributed by atoms with Crippen LogP contribution in [0.2, 0.25) is 0 Å². The maximum absolute atomic E-state index is 14.2. The molecule has 0 saturated carbocycles. The van der Waals surface area contributed by atoms with Gasteiger partial charge < -0.3 is 20.3 Å². The van der Waals surface area contributed by atoms with E-state index in [1.54, 1.807) is 31.7 Å². The van der Waals surface area contributed by atoms with Gasteiger partial charge in [0.15, 0.2) is 0 Å². The smallest absolute Gasteiger partial charge is 0.408 e. The third-order valence-electron chi connectivity index (χ3n) is 6.32. The van der Waals surface area contributed by atoms with Crippen LogP contribution in [-0.2, 0) is 14.3 Å². The molecule has 0 bridgehead atoms. The summed E-state index contributed by atoms with van der Waals surface area (Å²) >= 11 is 0. The number of anilines is 1. The number of carbonyl (C=O) groups excluding carboxylic acids is 3. The number of carbonyl (C=O) groups is 3. The predicted molar refractivity (Wildman–Crippen MR) is 154 cm³/mol. The molecule has 3 atom stereocenters. The quantitative estimate of drug-likeness (QED) is 0.374. The number of nitrogens with one attached hydrogen (secondary N) is 2. The molecule has 3 unspecified atom stereocenters. The fourth-order valence-corrected chi connectivity index (χ4v) is 4.11. The highest BCUT2D eigenvalue weighted by Gasteiger charge is 2.39. The second-order valence-corrected chi connectivity index (χ2v) is 11.0. The Labute approximate surface area is 227 Å². The summed E-state index contributed by atoms with van der Waals surface area (Å²) in [7, 11) is 0. The third kappa shape index (κ3) is 8.20. The Bertz CT molecular complexity index is 1140. The van der Waals surface area contributed by atoms with Crippen LogP contribution >= 0.6 is 0 Å². The molecule has 38 heavy (non-hydrogen) atoms. The molecule has 3 amide bonds. The number of aryl methyl sites for hydroxylation is 1. The van der Waals surface area contributed by atoms with E-state index in [1.807, 2.05) is 83.1 Å². The van der Waals surface area contributed by atoms with Crippen molar-refractivity contribution in [2.24, 2.45) is 5.92 Å². The number of hydrogen-bond acceptors (Lipinski definition) is 4. The van der Waals surface area contributed by atoms with Gasteiger partial charge in [-0.3, -0.25) is 9.59 Å².